The highest BCUT2D eigenvalue weighted by molar-refractivity contribution is 5.32. The van der Waals surface area contributed by atoms with Crippen molar-refractivity contribution in [1.82, 2.24) is 10.2 Å². The lowest BCUT2D eigenvalue weighted by Crippen LogP contribution is -2.49. The Kier molecular flexibility index (Phi) is 4.80. The van der Waals surface area contributed by atoms with Gasteiger partial charge in [-0.2, -0.15) is 5.26 Å². The first-order valence-electron chi connectivity index (χ1n) is 7.55. The average molecular weight is 271 g/mol. The van der Waals surface area contributed by atoms with E-state index in [-0.39, 0.29) is 0 Å². The minimum Gasteiger partial charge on any atom is -0.300 e. The van der Waals surface area contributed by atoms with Crippen LogP contribution in [0.4, 0.5) is 0 Å². The van der Waals surface area contributed by atoms with Crippen LogP contribution in [-0.2, 0) is 5.54 Å². The van der Waals surface area contributed by atoms with Crippen molar-refractivity contribution in [2.75, 3.05) is 26.2 Å². The molecule has 1 N–H and O–H groups in total. The van der Waals surface area contributed by atoms with Crippen molar-refractivity contribution in [2.24, 2.45) is 11.8 Å². The predicted molar refractivity (Wildman–Crippen MR) is 82.2 cm³/mol. The maximum absolute atomic E-state index is 9.81. The molecule has 0 bridgehead atoms. The van der Waals surface area contributed by atoms with Gasteiger partial charge in [-0.1, -0.05) is 51.1 Å². The molecule has 2 rings (SSSR count). The van der Waals surface area contributed by atoms with Gasteiger partial charge >= 0.3 is 0 Å². The van der Waals surface area contributed by atoms with Gasteiger partial charge in [-0.15, -0.1) is 0 Å². The van der Waals surface area contributed by atoms with E-state index in [0.29, 0.717) is 11.8 Å². The lowest BCUT2D eigenvalue weighted by molar-refractivity contribution is 0.244. The van der Waals surface area contributed by atoms with Gasteiger partial charge in [0.25, 0.3) is 0 Å². The van der Waals surface area contributed by atoms with Gasteiger partial charge in [0, 0.05) is 19.6 Å². The molecule has 1 saturated heterocycles. The van der Waals surface area contributed by atoms with Gasteiger partial charge in [0.15, 0.2) is 0 Å². The molecule has 1 aromatic carbocycles. The third-order valence-electron chi connectivity index (χ3n) is 4.46. The topological polar surface area (TPSA) is 39.1 Å². The van der Waals surface area contributed by atoms with Crippen molar-refractivity contribution in [2.45, 2.75) is 26.3 Å². The first-order chi connectivity index (χ1) is 9.61. The fourth-order valence-corrected chi connectivity index (χ4v) is 3.13. The van der Waals surface area contributed by atoms with Gasteiger partial charge in [-0.3, -0.25) is 10.2 Å². The molecule has 3 heteroatoms. The molecule has 1 aromatic rings. The summed E-state index contributed by atoms with van der Waals surface area (Å²) < 4.78 is 0. The maximum Gasteiger partial charge on any atom is 0.145 e. The summed E-state index contributed by atoms with van der Waals surface area (Å²) in [5.74, 6) is 1.42. The van der Waals surface area contributed by atoms with Crippen molar-refractivity contribution in [1.29, 1.82) is 5.26 Å². The number of nitrogens with zero attached hydrogens (tertiary/aromatic N) is 2. The summed E-state index contributed by atoms with van der Waals surface area (Å²) in [5.41, 5.74) is 0.469. The van der Waals surface area contributed by atoms with Crippen molar-refractivity contribution < 1.29 is 0 Å². The Balaban J connectivity index is 2.22. The van der Waals surface area contributed by atoms with E-state index in [2.05, 4.69) is 49.2 Å². The summed E-state index contributed by atoms with van der Waals surface area (Å²) in [6.45, 7) is 10.4. The highest BCUT2D eigenvalue weighted by atomic mass is 15.2. The molecule has 20 heavy (non-hydrogen) atoms. The highest BCUT2D eigenvalue weighted by Gasteiger charge is 2.37. The Labute approximate surface area is 122 Å². The molecule has 0 amide bonds. The normalized spacial score (nSPS) is 26.1. The number of hydrogen-bond donors (Lipinski definition) is 1. The fourth-order valence-electron chi connectivity index (χ4n) is 3.13. The summed E-state index contributed by atoms with van der Waals surface area (Å²) >= 11 is 0. The van der Waals surface area contributed by atoms with Crippen LogP contribution in [0.5, 0.6) is 0 Å². The van der Waals surface area contributed by atoms with E-state index in [9.17, 15) is 5.26 Å². The van der Waals surface area contributed by atoms with Crippen LogP contribution in [-0.4, -0.2) is 31.1 Å². The van der Waals surface area contributed by atoms with Crippen LogP contribution in [0.2, 0.25) is 0 Å². The van der Waals surface area contributed by atoms with Crippen molar-refractivity contribution in [3.63, 3.8) is 0 Å². The maximum atomic E-state index is 9.81. The van der Waals surface area contributed by atoms with Crippen LogP contribution in [0, 0.1) is 23.2 Å². The number of nitrogens with one attached hydrogen (secondary N) is 1. The molecule has 1 heterocycles. The van der Waals surface area contributed by atoms with E-state index in [1.54, 1.807) is 0 Å². The van der Waals surface area contributed by atoms with E-state index in [0.717, 1.165) is 31.7 Å². The summed E-state index contributed by atoms with van der Waals surface area (Å²) in [4.78, 5) is 2.42. The van der Waals surface area contributed by atoms with E-state index < -0.39 is 5.54 Å². The monoisotopic (exact) mass is 271 g/mol. The second-order valence-corrected chi connectivity index (χ2v) is 6.06. The highest BCUT2D eigenvalue weighted by Crippen LogP contribution is 2.28. The minimum absolute atomic E-state index is 0.597. The van der Waals surface area contributed by atoms with Crippen LogP contribution in [0.15, 0.2) is 30.3 Å². The summed E-state index contributed by atoms with van der Waals surface area (Å²) in [7, 11) is 0. The van der Waals surface area contributed by atoms with Crippen molar-refractivity contribution >= 4 is 0 Å². The number of benzene rings is 1. The number of likely N-dealkylation sites (N-methyl/N-ethyl adjacent to an activating group) is 1. The van der Waals surface area contributed by atoms with Crippen molar-refractivity contribution in [3.05, 3.63) is 35.9 Å². The number of hydrogen-bond acceptors (Lipinski definition) is 3. The van der Waals surface area contributed by atoms with Gasteiger partial charge in [0.05, 0.1) is 6.07 Å². The summed E-state index contributed by atoms with van der Waals surface area (Å²) in [6, 6.07) is 12.7. The van der Waals surface area contributed by atoms with E-state index in [1.807, 2.05) is 18.2 Å². The lowest BCUT2D eigenvalue weighted by atomic mass is 9.90. The Bertz CT molecular complexity index is 455. The van der Waals surface area contributed by atoms with Crippen LogP contribution >= 0.6 is 0 Å². The second-order valence-electron chi connectivity index (χ2n) is 6.06. The zero-order valence-electron chi connectivity index (χ0n) is 12.8. The quantitative estimate of drug-likeness (QED) is 0.894. The molecule has 0 aromatic heterocycles. The zero-order chi connectivity index (χ0) is 14.6. The van der Waals surface area contributed by atoms with Gasteiger partial charge in [-0.25, -0.2) is 0 Å². The molecule has 0 radical (unpaired) electrons. The first-order valence-corrected chi connectivity index (χ1v) is 7.55. The van der Waals surface area contributed by atoms with Crippen LogP contribution in [0.1, 0.15) is 26.3 Å². The molecule has 1 fully saturated rings. The fraction of sp³-hybridized carbons (Fsp3) is 0.588. The second kappa shape index (κ2) is 6.39. The molecule has 1 aliphatic heterocycles. The molecule has 0 spiro atoms. The van der Waals surface area contributed by atoms with E-state index >= 15 is 0 Å². The summed E-state index contributed by atoms with van der Waals surface area (Å²) in [6.07, 6.45) is 0. The molecular weight excluding hydrogens is 246 g/mol. The zero-order valence-corrected chi connectivity index (χ0v) is 12.8. The molecule has 3 unspecified atom stereocenters. The van der Waals surface area contributed by atoms with Gasteiger partial charge in [0.1, 0.15) is 5.54 Å². The van der Waals surface area contributed by atoms with E-state index in [4.69, 9.17) is 0 Å². The summed E-state index contributed by atoms with van der Waals surface area (Å²) in [5, 5.41) is 13.2. The molecule has 3 atom stereocenters. The number of likely N-dealkylation sites (tertiary alicyclic amines) is 1. The molecule has 0 saturated carbocycles. The molecule has 3 nitrogen and oxygen atoms in total. The standard InChI is InChI=1S/C17H25N3/c1-4-19-17(12-18,16-8-6-5-7-9-16)13-20-10-14(2)15(3)11-20/h5-9,14-15,19H,4,10-11,13H2,1-3H3. The van der Waals surface area contributed by atoms with E-state index in [1.165, 1.54) is 0 Å². The number of rotatable bonds is 5. The van der Waals surface area contributed by atoms with Crippen molar-refractivity contribution in [3.8, 4) is 6.07 Å². The molecular formula is C17H25N3. The lowest BCUT2D eigenvalue weighted by Gasteiger charge is -2.32. The molecule has 108 valence electrons. The average Bonchev–Trinajstić information content (AvgIpc) is 2.77. The minimum atomic E-state index is -0.597. The molecule has 1 aliphatic rings. The van der Waals surface area contributed by atoms with Gasteiger partial charge in [0.2, 0.25) is 0 Å². The third kappa shape index (κ3) is 3.03. The SMILES string of the molecule is CCNC(C#N)(CN1CC(C)C(C)C1)c1ccccc1. The molecule has 0 aliphatic carbocycles. The largest absolute Gasteiger partial charge is 0.300 e. The first kappa shape index (κ1) is 15.0. The third-order valence-corrected chi connectivity index (χ3v) is 4.46. The van der Waals surface area contributed by atoms with Crippen LogP contribution < -0.4 is 5.32 Å². The Morgan fingerprint density at radius 2 is 1.85 bits per heavy atom. The Morgan fingerprint density at radius 1 is 1.25 bits per heavy atom. The Morgan fingerprint density at radius 3 is 2.35 bits per heavy atom. The Hall–Kier alpha value is -1.37. The predicted octanol–water partition coefficient (Wildman–Crippen LogP) is 2.60. The van der Waals surface area contributed by atoms with Crippen LogP contribution in [0.3, 0.4) is 0 Å². The van der Waals surface area contributed by atoms with Gasteiger partial charge < -0.3 is 0 Å². The number of nitriles is 1. The smallest absolute Gasteiger partial charge is 0.145 e. The van der Waals surface area contributed by atoms with Crippen LogP contribution in [0.25, 0.3) is 0 Å². The van der Waals surface area contributed by atoms with Gasteiger partial charge in [-0.05, 0) is 23.9 Å².